The molecule has 0 radical (unpaired) electrons. The summed E-state index contributed by atoms with van der Waals surface area (Å²) in [6, 6.07) is 4.01. The first-order valence-corrected chi connectivity index (χ1v) is 5.87. The van der Waals surface area contributed by atoms with Gasteiger partial charge in [-0.15, -0.1) is 0 Å². The van der Waals surface area contributed by atoms with E-state index in [9.17, 15) is 18.4 Å². The van der Waals surface area contributed by atoms with Crippen LogP contribution in [0.1, 0.15) is 11.1 Å². The summed E-state index contributed by atoms with van der Waals surface area (Å²) in [5.74, 6) is -1.75. The normalized spacial score (nSPS) is 10.5. The zero-order chi connectivity index (χ0) is 14.9. The molecular weight excluding hydrogens is 288 g/mol. The van der Waals surface area contributed by atoms with Gasteiger partial charge in [-0.05, 0) is 6.07 Å². The Morgan fingerprint density at radius 3 is 2.60 bits per heavy atom. The third-order valence-electron chi connectivity index (χ3n) is 2.65. The summed E-state index contributed by atoms with van der Waals surface area (Å²) < 4.78 is 27.8. The maximum absolute atomic E-state index is 13.8. The Balaban J connectivity index is 2.40. The highest BCUT2D eigenvalue weighted by Crippen LogP contribution is 2.11. The number of aromatic amines is 1. The van der Waals surface area contributed by atoms with E-state index in [1.165, 1.54) is 12.1 Å². The molecule has 0 spiro atoms. The Labute approximate surface area is 116 Å². The molecule has 104 valence electrons. The van der Waals surface area contributed by atoms with Gasteiger partial charge in [0.1, 0.15) is 10.8 Å². The van der Waals surface area contributed by atoms with Crippen molar-refractivity contribution in [3.63, 3.8) is 0 Å². The second-order valence-corrected chi connectivity index (χ2v) is 4.47. The van der Waals surface area contributed by atoms with Gasteiger partial charge >= 0.3 is 5.69 Å². The fourth-order valence-corrected chi connectivity index (χ4v) is 1.74. The number of hydrogen-bond acceptors (Lipinski definition) is 3. The van der Waals surface area contributed by atoms with Crippen molar-refractivity contribution in [1.29, 1.82) is 0 Å². The highest BCUT2D eigenvalue weighted by atomic mass is 32.1. The highest BCUT2D eigenvalue weighted by Gasteiger charge is 2.09. The summed E-state index contributed by atoms with van der Waals surface area (Å²) in [5, 5.41) is 0. The van der Waals surface area contributed by atoms with Crippen molar-refractivity contribution in [2.75, 3.05) is 0 Å². The Hall–Kier alpha value is -2.35. The number of H-pyrrole nitrogens is 1. The van der Waals surface area contributed by atoms with Crippen LogP contribution in [0.5, 0.6) is 0 Å². The van der Waals surface area contributed by atoms with E-state index in [-0.39, 0.29) is 17.1 Å². The summed E-state index contributed by atoms with van der Waals surface area (Å²) in [6.45, 7) is -0.226. The van der Waals surface area contributed by atoms with Crippen LogP contribution >= 0.6 is 12.2 Å². The van der Waals surface area contributed by atoms with E-state index in [2.05, 4.69) is 0 Å². The number of nitrogens with two attached hydrogens (primary N) is 1. The van der Waals surface area contributed by atoms with Crippen molar-refractivity contribution in [3.05, 3.63) is 68.0 Å². The zero-order valence-electron chi connectivity index (χ0n) is 10.0. The van der Waals surface area contributed by atoms with Crippen molar-refractivity contribution in [3.8, 4) is 0 Å². The zero-order valence-corrected chi connectivity index (χ0v) is 10.8. The van der Waals surface area contributed by atoms with Crippen molar-refractivity contribution >= 4 is 17.2 Å². The molecule has 0 fully saturated rings. The number of nitrogens with zero attached hydrogens (tertiary/aromatic N) is 1. The first-order valence-electron chi connectivity index (χ1n) is 5.46. The Bertz CT molecular complexity index is 798. The lowest BCUT2D eigenvalue weighted by Gasteiger charge is -2.07. The summed E-state index contributed by atoms with van der Waals surface area (Å²) in [6.07, 6.45) is 0.724. The molecule has 5 nitrogen and oxygen atoms in total. The molecular formula is C12H9F2N3O2S. The van der Waals surface area contributed by atoms with Gasteiger partial charge in [-0.25, -0.2) is 9.18 Å². The smallest absolute Gasteiger partial charge is 0.328 e. The van der Waals surface area contributed by atoms with Gasteiger partial charge in [0, 0.05) is 11.1 Å². The van der Waals surface area contributed by atoms with E-state index in [1.54, 1.807) is 4.98 Å². The summed E-state index contributed by atoms with van der Waals surface area (Å²) in [4.78, 5) is 24.2. The molecule has 0 bridgehead atoms. The molecule has 0 aliphatic carbocycles. The number of hydrogen-bond donors (Lipinski definition) is 2. The minimum Gasteiger partial charge on any atom is -0.389 e. The van der Waals surface area contributed by atoms with Crippen LogP contribution in [0, 0.1) is 11.6 Å². The lowest BCUT2D eigenvalue weighted by atomic mass is 10.1. The lowest BCUT2D eigenvalue weighted by Crippen LogP contribution is -2.31. The first-order chi connectivity index (χ1) is 9.38. The Morgan fingerprint density at radius 2 is 2.00 bits per heavy atom. The van der Waals surface area contributed by atoms with E-state index >= 15 is 0 Å². The molecule has 0 aliphatic rings. The van der Waals surface area contributed by atoms with Crippen LogP contribution < -0.4 is 17.0 Å². The maximum atomic E-state index is 13.8. The quantitative estimate of drug-likeness (QED) is 0.808. The van der Waals surface area contributed by atoms with Crippen LogP contribution in [0.3, 0.4) is 0 Å². The van der Waals surface area contributed by atoms with E-state index in [0.29, 0.717) is 5.56 Å². The predicted octanol–water partition coefficient (Wildman–Crippen LogP) is 0.497. The first kappa shape index (κ1) is 14.1. The molecule has 20 heavy (non-hydrogen) atoms. The Morgan fingerprint density at radius 1 is 1.30 bits per heavy atom. The molecule has 2 aromatic rings. The number of nitrogens with one attached hydrogen (secondary N) is 1. The second kappa shape index (κ2) is 5.33. The van der Waals surface area contributed by atoms with Gasteiger partial charge in [0.2, 0.25) is 5.82 Å². The van der Waals surface area contributed by atoms with E-state index in [4.69, 9.17) is 18.0 Å². The summed E-state index contributed by atoms with van der Waals surface area (Å²) in [7, 11) is 0. The molecule has 1 aromatic carbocycles. The standard InChI is InChI=1S/C12H9F2N3O2S/c13-8-3-6(10(15)20)1-2-7(8)4-17-5-9(14)11(18)16-12(17)19/h1-3,5H,4H2,(H2,15,20)(H,16,18,19). The van der Waals surface area contributed by atoms with E-state index in [0.717, 1.165) is 16.8 Å². The van der Waals surface area contributed by atoms with Gasteiger partial charge in [0.15, 0.2) is 0 Å². The number of halogens is 2. The fraction of sp³-hybridized carbons (Fsp3) is 0.0833. The molecule has 2 rings (SSSR count). The molecule has 0 saturated carbocycles. The van der Waals surface area contributed by atoms with Crippen LogP contribution in [-0.4, -0.2) is 14.5 Å². The maximum Gasteiger partial charge on any atom is 0.328 e. The molecule has 3 N–H and O–H groups in total. The monoisotopic (exact) mass is 297 g/mol. The van der Waals surface area contributed by atoms with Gasteiger partial charge in [0.25, 0.3) is 5.56 Å². The minimum absolute atomic E-state index is 0.0442. The van der Waals surface area contributed by atoms with E-state index in [1.807, 2.05) is 0 Å². The van der Waals surface area contributed by atoms with Gasteiger partial charge < -0.3 is 5.73 Å². The fourth-order valence-electron chi connectivity index (χ4n) is 1.61. The summed E-state index contributed by atoms with van der Waals surface area (Å²) >= 11 is 4.71. The molecule has 1 aromatic heterocycles. The number of thiocarbonyl (C=S) groups is 1. The molecule has 0 atom stereocenters. The van der Waals surface area contributed by atoms with Crippen LogP contribution in [0.15, 0.2) is 34.0 Å². The highest BCUT2D eigenvalue weighted by molar-refractivity contribution is 7.80. The molecule has 0 aliphatic heterocycles. The molecule has 0 amide bonds. The number of aromatic nitrogens is 2. The molecule has 8 heteroatoms. The lowest BCUT2D eigenvalue weighted by molar-refractivity contribution is 0.553. The largest absolute Gasteiger partial charge is 0.389 e. The molecule has 0 saturated heterocycles. The molecule has 1 heterocycles. The van der Waals surface area contributed by atoms with Crippen molar-refractivity contribution in [1.82, 2.24) is 9.55 Å². The van der Waals surface area contributed by atoms with Gasteiger partial charge in [-0.2, -0.15) is 4.39 Å². The van der Waals surface area contributed by atoms with Crippen LogP contribution in [-0.2, 0) is 6.54 Å². The molecule has 0 unspecified atom stereocenters. The van der Waals surface area contributed by atoms with Crippen LogP contribution in [0.2, 0.25) is 0 Å². The number of benzene rings is 1. The summed E-state index contributed by atoms with van der Waals surface area (Å²) in [5.41, 5.74) is 3.91. The van der Waals surface area contributed by atoms with Crippen molar-refractivity contribution in [2.45, 2.75) is 6.54 Å². The second-order valence-electron chi connectivity index (χ2n) is 4.03. The average molecular weight is 297 g/mol. The van der Waals surface area contributed by atoms with Crippen LogP contribution in [0.4, 0.5) is 8.78 Å². The topological polar surface area (TPSA) is 80.9 Å². The predicted molar refractivity (Wildman–Crippen MR) is 72.7 cm³/mol. The van der Waals surface area contributed by atoms with Crippen molar-refractivity contribution in [2.24, 2.45) is 5.73 Å². The van der Waals surface area contributed by atoms with E-state index < -0.39 is 22.9 Å². The number of rotatable bonds is 3. The minimum atomic E-state index is -1.12. The van der Waals surface area contributed by atoms with Crippen molar-refractivity contribution < 1.29 is 8.78 Å². The van der Waals surface area contributed by atoms with Gasteiger partial charge in [-0.1, -0.05) is 24.4 Å². The SMILES string of the molecule is NC(=S)c1ccc(Cn2cc(F)c(=O)[nH]c2=O)c(F)c1. The average Bonchev–Trinajstić information content (AvgIpc) is 2.37. The van der Waals surface area contributed by atoms with Crippen LogP contribution in [0.25, 0.3) is 0 Å². The van der Waals surface area contributed by atoms with Gasteiger partial charge in [-0.3, -0.25) is 14.3 Å². The van der Waals surface area contributed by atoms with Gasteiger partial charge in [0.05, 0.1) is 12.7 Å². The third-order valence-corrected chi connectivity index (χ3v) is 2.88. The third kappa shape index (κ3) is 2.80. The Kier molecular flexibility index (Phi) is 3.75.